The molecule has 7 saturated heterocycles. The monoisotopic (exact) mass is 2070 g/mol. The number of hydrogen-bond donors (Lipinski definition) is 8. The topological polar surface area (TPSA) is 300 Å². The van der Waals surface area contributed by atoms with Gasteiger partial charge in [0.15, 0.2) is 23.3 Å². The number of likely N-dealkylation sites (N-methyl/N-ethyl adjacent to an activating group) is 2. The van der Waals surface area contributed by atoms with Crippen LogP contribution in [-0.2, 0) is 19.2 Å². The first-order chi connectivity index (χ1) is 69.2. The molecule has 40 heteroatoms. The van der Waals surface area contributed by atoms with E-state index in [0.717, 1.165) is 120 Å². The fraction of sp³-hybridized carbons (Fsp3) is 0.505. The molecule has 8 aromatic rings. The third-order valence-corrected chi connectivity index (χ3v) is 30.5. The Balaban J connectivity index is 0.000000133. The molecule has 1 saturated carbocycles. The molecule has 8 N–H and O–H groups in total. The highest BCUT2D eigenvalue weighted by Gasteiger charge is 2.56. The SMILES string of the molecule is C=C1CN(C)c2c(ncnc2N2C3CCC2CN(C(=O)[C@H](CNC(C)C)c2ccc(Cl)cc2)C3)N1.C=C1CN(C)c2c(ncnc2N2CCN(C(=O)[C@H](CNC(C)C)c3ccc(Cl)cc3)[C@@H]3C[C@@H]32)N1.C=C1C[C@@H](C(F)(F)F)c2c(ncnc2N2C3CCC2CN(C(=O)[C@H](CNC(C)C)c2ccc(Cl)cc2)C3)N1.C=C1C[C@H](C(F)(F)F)c2c(ncnc2N2C3CCC2CN(C(=O)[C@H](CNC(C)C)c2ccc(Cl)cc2)C3)N1. The standard InChI is InChI=1S/2C27H32ClF3N6O.C26H34ClN7O.C25H32ClN7O/c2*1-15(2)32-11-21(17-4-6-18(28)7-5-17)26(38)36-12-19-8-9-20(13-36)37(19)25-23-22(27(29,30)31)10-16(3)35-24(23)33-14-34-25;1-16(2)28-11-22(18-5-7-19(27)8-6-18)26(35)33-13-20-9-10-21(14-33)34(20)25-23-24(29-15-30-25)31-17(3)12-32(23)4;1-15(2)27-12-19(17-5-7-18(26)8-6-17)25(34)33-10-9-32(20-11-21(20)33)24-22-23(28-14-29-24)30-16(3)13-31(22)4/h2*4-7,14-15,19-22,32H,3,8-13H2,1-2H3,(H,33,34,35);5-8,15-16,20-22,28H,3,9-14H2,1-2,4H3,(H,29,30,31);5-8,14-15,19-21,27H,3,9-13H2,1-2,4H3,(H,28,29,30)/t19?,20?,21-,22+;19?,20?,21-,22-;20?,21?,22-;19-,20+,21-/m1111/s1. The van der Waals surface area contributed by atoms with Gasteiger partial charge >= 0.3 is 12.4 Å². The zero-order valence-electron chi connectivity index (χ0n) is 83.5. The van der Waals surface area contributed by atoms with E-state index in [9.17, 15) is 45.5 Å². The maximum absolute atomic E-state index is 14.1. The van der Waals surface area contributed by atoms with Crippen molar-refractivity contribution < 1.29 is 45.5 Å². The fourth-order valence-electron chi connectivity index (χ4n) is 22.5. The third kappa shape index (κ3) is 23.5. The van der Waals surface area contributed by atoms with Gasteiger partial charge in [-0.3, -0.25) is 19.2 Å². The molecule has 145 heavy (non-hydrogen) atoms. The van der Waals surface area contributed by atoms with Crippen LogP contribution in [0.3, 0.4) is 0 Å². The predicted molar refractivity (Wildman–Crippen MR) is 561 cm³/mol. The lowest BCUT2D eigenvalue weighted by Gasteiger charge is -2.44. The zero-order valence-corrected chi connectivity index (χ0v) is 86.5. The minimum absolute atomic E-state index is 0.00729. The summed E-state index contributed by atoms with van der Waals surface area (Å²) in [7, 11) is 4.10. The number of carbonyl (C=O) groups is 4. The molecule has 6 bridgehead atoms. The zero-order chi connectivity index (χ0) is 103. The maximum Gasteiger partial charge on any atom is 0.396 e. The number of benzene rings is 4. The first-order valence-corrected chi connectivity index (χ1v) is 51.7. The van der Waals surface area contributed by atoms with Crippen molar-refractivity contribution in [3.05, 3.63) is 225 Å². The molecule has 4 amide bonds. The van der Waals surface area contributed by atoms with Gasteiger partial charge in [-0.05, 0) is 116 Å². The average molecular weight is 2080 g/mol. The molecule has 4 aromatic carbocycles. The predicted octanol–water partition coefficient (Wildman–Crippen LogP) is 16.7. The molecule has 4 aromatic heterocycles. The summed E-state index contributed by atoms with van der Waals surface area (Å²) in [4.78, 5) is 112. The van der Waals surface area contributed by atoms with Crippen molar-refractivity contribution in [3.63, 3.8) is 0 Å². The molecule has 11 aliphatic heterocycles. The number of likely N-dealkylation sites (tertiary alicyclic amines) is 3. The minimum Gasteiger partial charge on any atom is -0.363 e. The van der Waals surface area contributed by atoms with Crippen molar-refractivity contribution in [2.24, 2.45) is 0 Å². The van der Waals surface area contributed by atoms with Gasteiger partial charge in [-0.2, -0.15) is 26.3 Å². The Morgan fingerprint density at radius 1 is 0.372 bits per heavy atom. The Morgan fingerprint density at radius 3 is 0.959 bits per heavy atom. The Kier molecular flexibility index (Phi) is 32.1. The van der Waals surface area contributed by atoms with Crippen LogP contribution in [0.5, 0.6) is 0 Å². The molecule has 14 atom stereocenters. The quantitative estimate of drug-likeness (QED) is 0.0261. The van der Waals surface area contributed by atoms with E-state index in [4.69, 9.17) is 51.4 Å². The number of fused-ring (bicyclic) bond motifs is 11. The van der Waals surface area contributed by atoms with Crippen molar-refractivity contribution in [1.82, 2.24) is 80.7 Å². The summed E-state index contributed by atoms with van der Waals surface area (Å²) in [5, 5.41) is 28.7. The van der Waals surface area contributed by atoms with Gasteiger partial charge in [0.1, 0.15) is 60.0 Å². The molecule has 8 fully saturated rings. The lowest BCUT2D eigenvalue weighted by molar-refractivity contribution is -0.151. The lowest BCUT2D eigenvalue weighted by atomic mass is 9.90. The van der Waals surface area contributed by atoms with Gasteiger partial charge in [0.05, 0.1) is 60.7 Å². The number of halogens is 10. The van der Waals surface area contributed by atoms with Crippen molar-refractivity contribution in [2.45, 2.75) is 234 Å². The molecule has 6 unspecified atom stereocenters. The van der Waals surface area contributed by atoms with Crippen LogP contribution < -0.4 is 71.9 Å². The smallest absolute Gasteiger partial charge is 0.363 e. The van der Waals surface area contributed by atoms with Crippen molar-refractivity contribution in [2.75, 3.05) is 156 Å². The van der Waals surface area contributed by atoms with E-state index in [2.05, 4.69) is 168 Å². The molecule has 0 spiro atoms. The second kappa shape index (κ2) is 44.3. The van der Waals surface area contributed by atoms with E-state index >= 15 is 0 Å². The number of rotatable bonds is 24. The summed E-state index contributed by atoms with van der Waals surface area (Å²) < 4.78 is 84.7. The number of hydrogen-bond acceptors (Lipinski definition) is 26. The molecular weight excluding hydrogens is 1950 g/mol. The highest BCUT2D eigenvalue weighted by Crippen LogP contribution is 2.54. The molecule has 1 aliphatic carbocycles. The van der Waals surface area contributed by atoms with E-state index in [1.54, 1.807) is 36.9 Å². The summed E-state index contributed by atoms with van der Waals surface area (Å²) in [5.74, 6) is 0.0926. The number of anilines is 10. The highest BCUT2D eigenvalue weighted by molar-refractivity contribution is 6.31. The third-order valence-electron chi connectivity index (χ3n) is 29.5. The maximum atomic E-state index is 14.1. The Morgan fingerprint density at radius 2 is 0.648 bits per heavy atom. The van der Waals surface area contributed by atoms with Crippen LogP contribution in [0.15, 0.2) is 171 Å². The summed E-state index contributed by atoms with van der Waals surface area (Å²) in [6, 6.07) is 31.5. The van der Waals surface area contributed by atoms with Crippen molar-refractivity contribution >= 4 is 128 Å². The second-order valence-electron chi connectivity index (χ2n) is 41.3. The van der Waals surface area contributed by atoms with Crippen LogP contribution in [0.2, 0.25) is 20.1 Å². The summed E-state index contributed by atoms with van der Waals surface area (Å²) >= 11 is 24.4. The molecule has 15 heterocycles. The van der Waals surface area contributed by atoms with Crippen molar-refractivity contribution in [1.29, 1.82) is 0 Å². The van der Waals surface area contributed by atoms with E-state index in [0.29, 0.717) is 129 Å². The first-order valence-electron chi connectivity index (χ1n) is 50.2. The summed E-state index contributed by atoms with van der Waals surface area (Å²) in [6.07, 6.45) is 2.59. The summed E-state index contributed by atoms with van der Waals surface area (Å²) in [6.45, 7) is 40.2. The van der Waals surface area contributed by atoms with Crippen LogP contribution in [0.25, 0.3) is 0 Å². The number of nitrogens with one attached hydrogen (secondary N) is 8. The van der Waals surface area contributed by atoms with Gasteiger partial charge in [0.2, 0.25) is 23.6 Å². The van der Waals surface area contributed by atoms with Gasteiger partial charge in [0.25, 0.3) is 0 Å². The number of aromatic nitrogens is 8. The van der Waals surface area contributed by atoms with E-state index < -0.39 is 36.0 Å². The summed E-state index contributed by atoms with van der Waals surface area (Å²) in [5.41, 5.74) is 8.33. The van der Waals surface area contributed by atoms with Gasteiger partial charge in [-0.15, -0.1) is 0 Å². The lowest BCUT2D eigenvalue weighted by Crippen LogP contribution is -2.57. The molecule has 20 rings (SSSR count). The van der Waals surface area contributed by atoms with E-state index in [1.165, 1.54) is 12.7 Å². The van der Waals surface area contributed by atoms with Crippen LogP contribution in [-0.4, -0.2) is 274 Å². The van der Waals surface area contributed by atoms with Gasteiger partial charge in [-0.1, -0.05) is 177 Å². The highest BCUT2D eigenvalue weighted by atomic mass is 35.5. The number of piperazine rings is 4. The van der Waals surface area contributed by atoms with Crippen molar-refractivity contribution in [3.8, 4) is 0 Å². The average Bonchev–Trinajstić information content (AvgIpc) is 1.65. The first kappa shape index (κ1) is 105. The van der Waals surface area contributed by atoms with E-state index in [-0.39, 0.29) is 143 Å². The van der Waals surface area contributed by atoms with E-state index in [1.807, 2.05) is 127 Å². The second-order valence-corrected chi connectivity index (χ2v) is 43.0. The largest absolute Gasteiger partial charge is 0.396 e. The molecule has 774 valence electrons. The molecule has 30 nitrogen and oxygen atoms in total. The normalized spacial score (nSPS) is 23.1. The number of amides is 4. The molecule has 12 aliphatic rings. The number of allylic oxidation sites excluding steroid dienone is 2. The van der Waals surface area contributed by atoms with Gasteiger partial charge < -0.3 is 91.5 Å². The molecular formula is C105H130Cl4F6N26O4. The number of carbonyl (C=O) groups excluding carboxylic acids is 4. The van der Waals surface area contributed by atoms with Gasteiger partial charge in [0, 0.05) is 220 Å². The Bertz CT molecular complexity index is 5820. The number of alkyl halides is 6. The molecule has 0 radical (unpaired) electrons. The Hall–Kier alpha value is -11.4. The van der Waals surface area contributed by atoms with Crippen LogP contribution in [0.1, 0.15) is 182 Å². The van der Waals surface area contributed by atoms with Gasteiger partial charge in [-0.25, -0.2) is 39.9 Å². The number of nitrogens with zero attached hydrogens (tertiary/aromatic N) is 18. The van der Waals surface area contributed by atoms with Crippen LogP contribution in [0.4, 0.5) is 84.3 Å². The van der Waals surface area contributed by atoms with Crippen LogP contribution >= 0.6 is 46.4 Å². The Labute approximate surface area is 863 Å². The minimum atomic E-state index is -4.45. The van der Waals surface area contributed by atoms with Crippen LogP contribution in [0, 0.1) is 0 Å². The fourth-order valence-corrected chi connectivity index (χ4v) is 23.0.